The molecule has 0 aliphatic carbocycles. The molecule has 0 saturated heterocycles. The molecule has 0 fully saturated rings. The maximum atomic E-state index is 11.8. The van der Waals surface area contributed by atoms with E-state index in [1.807, 2.05) is 50.2 Å². The maximum Gasteiger partial charge on any atom is 0.325 e. The van der Waals surface area contributed by atoms with Crippen molar-refractivity contribution in [3.63, 3.8) is 0 Å². The van der Waals surface area contributed by atoms with Gasteiger partial charge in [-0.2, -0.15) is 0 Å². The van der Waals surface area contributed by atoms with E-state index in [1.54, 1.807) is 0 Å². The number of rotatable bonds is 4. The number of nitrogens with one attached hydrogen (secondary N) is 1. The summed E-state index contributed by atoms with van der Waals surface area (Å²) in [5.74, 6) is -0.227. The number of esters is 1. The Morgan fingerprint density at radius 2 is 2.05 bits per heavy atom. The molecule has 4 nitrogen and oxygen atoms in total. The molecule has 102 valence electrons. The highest BCUT2D eigenvalue weighted by Gasteiger charge is 2.33. The molecule has 1 aromatic carbocycles. The number of para-hydroxylation sites is 1. The average Bonchev–Trinajstić information content (AvgIpc) is 2.81. The molecular formula is C15H20N2O2. The SMILES string of the molecule is COC(=O)C(C)(C)N(C)Cc1c[nH]c2ccccc12. The molecule has 4 heteroatoms. The zero-order valence-corrected chi connectivity index (χ0v) is 11.9. The van der Waals surface area contributed by atoms with Crippen LogP contribution in [0.1, 0.15) is 19.4 Å². The molecule has 2 rings (SSSR count). The summed E-state index contributed by atoms with van der Waals surface area (Å²) in [6.45, 7) is 4.42. The van der Waals surface area contributed by atoms with E-state index in [0.29, 0.717) is 6.54 Å². The van der Waals surface area contributed by atoms with Gasteiger partial charge in [-0.25, -0.2) is 0 Å². The second-order valence-corrected chi connectivity index (χ2v) is 5.27. The summed E-state index contributed by atoms with van der Waals surface area (Å²) in [6, 6.07) is 8.15. The zero-order chi connectivity index (χ0) is 14.0. The second-order valence-electron chi connectivity index (χ2n) is 5.27. The van der Waals surface area contributed by atoms with Crippen LogP contribution in [0.4, 0.5) is 0 Å². The number of carbonyl (C=O) groups excluding carboxylic acids is 1. The maximum absolute atomic E-state index is 11.8. The van der Waals surface area contributed by atoms with Crippen molar-refractivity contribution in [1.29, 1.82) is 0 Å². The van der Waals surface area contributed by atoms with E-state index < -0.39 is 5.54 Å². The number of hydrogen-bond acceptors (Lipinski definition) is 3. The van der Waals surface area contributed by atoms with Gasteiger partial charge in [0, 0.05) is 23.6 Å². The number of hydrogen-bond donors (Lipinski definition) is 1. The fraction of sp³-hybridized carbons (Fsp3) is 0.400. The number of aromatic nitrogens is 1. The summed E-state index contributed by atoms with van der Waals surface area (Å²) in [7, 11) is 3.35. The smallest absolute Gasteiger partial charge is 0.325 e. The Labute approximate surface area is 113 Å². The third kappa shape index (κ3) is 2.49. The molecule has 19 heavy (non-hydrogen) atoms. The molecule has 1 aromatic heterocycles. The number of H-pyrrole nitrogens is 1. The topological polar surface area (TPSA) is 45.3 Å². The summed E-state index contributed by atoms with van der Waals surface area (Å²) in [5.41, 5.74) is 1.64. The minimum absolute atomic E-state index is 0.227. The molecule has 2 aromatic rings. The standard InChI is InChI=1S/C15H20N2O2/c1-15(2,14(18)19-4)17(3)10-11-9-16-13-8-6-5-7-12(11)13/h5-9,16H,10H2,1-4H3. The fourth-order valence-corrected chi connectivity index (χ4v) is 2.12. The number of benzene rings is 1. The number of aromatic amines is 1. The Morgan fingerprint density at radius 1 is 1.37 bits per heavy atom. The summed E-state index contributed by atoms with van der Waals surface area (Å²) in [4.78, 5) is 17.0. The number of likely N-dealkylation sites (N-methyl/N-ethyl adjacent to an activating group) is 1. The molecule has 0 radical (unpaired) electrons. The first-order valence-corrected chi connectivity index (χ1v) is 6.31. The largest absolute Gasteiger partial charge is 0.468 e. The van der Waals surface area contributed by atoms with E-state index in [1.165, 1.54) is 18.1 Å². The lowest BCUT2D eigenvalue weighted by atomic mass is 10.0. The summed E-state index contributed by atoms with van der Waals surface area (Å²) in [6.07, 6.45) is 1.99. The van der Waals surface area contributed by atoms with Crippen LogP contribution in [0.5, 0.6) is 0 Å². The lowest BCUT2D eigenvalue weighted by Crippen LogP contribution is -2.48. The molecule has 1 heterocycles. The lowest BCUT2D eigenvalue weighted by Gasteiger charge is -2.32. The minimum Gasteiger partial charge on any atom is -0.468 e. The van der Waals surface area contributed by atoms with E-state index in [9.17, 15) is 4.79 Å². The van der Waals surface area contributed by atoms with Crippen molar-refractivity contribution in [3.05, 3.63) is 36.0 Å². The van der Waals surface area contributed by atoms with Gasteiger partial charge >= 0.3 is 5.97 Å². The van der Waals surface area contributed by atoms with Gasteiger partial charge < -0.3 is 9.72 Å². The highest BCUT2D eigenvalue weighted by atomic mass is 16.5. The van der Waals surface area contributed by atoms with Crippen LogP contribution >= 0.6 is 0 Å². The van der Waals surface area contributed by atoms with E-state index in [0.717, 1.165) is 5.52 Å². The zero-order valence-electron chi connectivity index (χ0n) is 11.9. The Morgan fingerprint density at radius 3 is 2.74 bits per heavy atom. The molecule has 0 amide bonds. The highest BCUT2D eigenvalue weighted by molar-refractivity contribution is 5.83. The average molecular weight is 260 g/mol. The van der Waals surface area contributed by atoms with Crippen LogP contribution in [0.25, 0.3) is 10.9 Å². The Hall–Kier alpha value is -1.81. The van der Waals surface area contributed by atoms with Crippen molar-refractivity contribution in [1.82, 2.24) is 9.88 Å². The molecule has 1 N–H and O–H groups in total. The van der Waals surface area contributed by atoms with Crippen LogP contribution < -0.4 is 0 Å². The van der Waals surface area contributed by atoms with Gasteiger partial charge in [-0.05, 0) is 32.5 Å². The van der Waals surface area contributed by atoms with Crippen LogP contribution in [0.3, 0.4) is 0 Å². The van der Waals surface area contributed by atoms with Crippen LogP contribution in [-0.4, -0.2) is 35.5 Å². The van der Waals surface area contributed by atoms with E-state index in [2.05, 4.69) is 11.1 Å². The first-order valence-electron chi connectivity index (χ1n) is 6.31. The van der Waals surface area contributed by atoms with Crippen molar-refractivity contribution in [3.8, 4) is 0 Å². The van der Waals surface area contributed by atoms with Gasteiger partial charge in [0.05, 0.1) is 7.11 Å². The molecule has 0 aliphatic rings. The quantitative estimate of drug-likeness (QED) is 0.859. The first kappa shape index (κ1) is 13.6. The van der Waals surface area contributed by atoms with E-state index in [4.69, 9.17) is 4.74 Å². The molecule has 0 saturated carbocycles. The monoisotopic (exact) mass is 260 g/mol. The summed E-state index contributed by atoms with van der Waals surface area (Å²) >= 11 is 0. The van der Waals surface area contributed by atoms with Crippen molar-refractivity contribution >= 4 is 16.9 Å². The van der Waals surface area contributed by atoms with Gasteiger partial charge in [-0.1, -0.05) is 18.2 Å². The van der Waals surface area contributed by atoms with E-state index >= 15 is 0 Å². The van der Waals surface area contributed by atoms with Gasteiger partial charge in [0.25, 0.3) is 0 Å². The lowest BCUT2D eigenvalue weighted by molar-refractivity contribution is -0.152. The number of ether oxygens (including phenoxy) is 1. The van der Waals surface area contributed by atoms with Gasteiger partial charge in [0.2, 0.25) is 0 Å². The Kier molecular flexibility index (Phi) is 3.62. The van der Waals surface area contributed by atoms with Crippen molar-refractivity contribution in [2.75, 3.05) is 14.2 Å². The van der Waals surface area contributed by atoms with Crippen LogP contribution in [0.2, 0.25) is 0 Å². The predicted octanol–water partition coefficient (Wildman–Crippen LogP) is 2.55. The normalized spacial score (nSPS) is 12.1. The van der Waals surface area contributed by atoms with Crippen LogP contribution in [0.15, 0.2) is 30.5 Å². The van der Waals surface area contributed by atoms with Gasteiger partial charge in [-0.3, -0.25) is 9.69 Å². The van der Waals surface area contributed by atoms with Crippen LogP contribution in [0, 0.1) is 0 Å². The number of fused-ring (bicyclic) bond motifs is 1. The van der Waals surface area contributed by atoms with Crippen molar-refractivity contribution in [2.45, 2.75) is 25.9 Å². The third-order valence-electron chi connectivity index (χ3n) is 3.72. The number of methoxy groups -OCH3 is 1. The second kappa shape index (κ2) is 5.05. The third-order valence-corrected chi connectivity index (χ3v) is 3.72. The molecule has 0 spiro atoms. The Bertz CT molecular complexity index is 587. The first-order chi connectivity index (χ1) is 8.96. The number of carbonyl (C=O) groups is 1. The molecular weight excluding hydrogens is 240 g/mol. The molecule has 0 unspecified atom stereocenters. The molecule has 0 bridgehead atoms. The molecule has 0 aliphatic heterocycles. The summed E-state index contributed by atoms with van der Waals surface area (Å²) < 4.78 is 4.85. The fourth-order valence-electron chi connectivity index (χ4n) is 2.12. The van der Waals surface area contributed by atoms with Crippen LogP contribution in [-0.2, 0) is 16.1 Å². The molecule has 0 atom stereocenters. The van der Waals surface area contributed by atoms with Gasteiger partial charge in [-0.15, -0.1) is 0 Å². The number of nitrogens with zero attached hydrogens (tertiary/aromatic N) is 1. The Balaban J connectivity index is 2.23. The van der Waals surface area contributed by atoms with E-state index in [-0.39, 0.29) is 5.97 Å². The highest BCUT2D eigenvalue weighted by Crippen LogP contribution is 2.22. The van der Waals surface area contributed by atoms with Gasteiger partial charge in [0.1, 0.15) is 5.54 Å². The summed E-state index contributed by atoms with van der Waals surface area (Å²) in [5, 5.41) is 1.19. The van der Waals surface area contributed by atoms with Crippen molar-refractivity contribution in [2.24, 2.45) is 0 Å². The predicted molar refractivity (Wildman–Crippen MR) is 75.9 cm³/mol. The van der Waals surface area contributed by atoms with Gasteiger partial charge in [0.15, 0.2) is 0 Å². The minimum atomic E-state index is -0.646. The van der Waals surface area contributed by atoms with Crippen molar-refractivity contribution < 1.29 is 9.53 Å².